The number of alkyl halides is 1. The van der Waals surface area contributed by atoms with Crippen LogP contribution in [-0.2, 0) is 19.0 Å². The Labute approximate surface area is 121 Å². The van der Waals surface area contributed by atoms with E-state index >= 15 is 0 Å². The predicted molar refractivity (Wildman–Crippen MR) is 79.8 cm³/mol. The molecule has 1 aromatic rings. The summed E-state index contributed by atoms with van der Waals surface area (Å²) in [5, 5.41) is 0. The van der Waals surface area contributed by atoms with E-state index in [9.17, 15) is 8.96 Å². The molecule has 0 aliphatic carbocycles. The van der Waals surface area contributed by atoms with Gasteiger partial charge in [-0.15, -0.1) is 0 Å². The van der Waals surface area contributed by atoms with Crippen LogP contribution in [0.15, 0.2) is 24.3 Å². The molecule has 0 aromatic heterocycles. The third-order valence-corrected chi connectivity index (χ3v) is 5.04. The standard InChI is InChI=1S/C15H24FO3P/c1-6-18-20(17,19-7-2)14(16)12-8-10-13(11-9-12)15(3,4)5/h8-11,14H,6-7H2,1-5H3. The minimum atomic E-state index is -3.75. The summed E-state index contributed by atoms with van der Waals surface area (Å²) in [6, 6.07) is 7.00. The SMILES string of the molecule is CCOP(=O)(OCC)C(F)c1ccc(C(C)(C)C)cc1. The summed E-state index contributed by atoms with van der Waals surface area (Å²) in [7, 11) is -3.75. The van der Waals surface area contributed by atoms with E-state index in [1.54, 1.807) is 26.0 Å². The molecule has 0 bridgehead atoms. The lowest BCUT2D eigenvalue weighted by molar-refractivity contribution is 0.190. The summed E-state index contributed by atoms with van der Waals surface area (Å²) in [6.07, 6.45) is 0. The first-order chi connectivity index (χ1) is 9.24. The molecule has 3 nitrogen and oxygen atoms in total. The van der Waals surface area contributed by atoms with E-state index in [0.717, 1.165) is 5.56 Å². The van der Waals surface area contributed by atoms with Crippen LogP contribution < -0.4 is 0 Å². The summed E-state index contributed by atoms with van der Waals surface area (Å²) < 4.78 is 36.9. The monoisotopic (exact) mass is 302 g/mol. The molecule has 0 amide bonds. The molecule has 1 unspecified atom stereocenters. The van der Waals surface area contributed by atoms with Crippen LogP contribution in [-0.4, -0.2) is 13.2 Å². The zero-order chi connectivity index (χ0) is 15.4. The van der Waals surface area contributed by atoms with Crippen molar-refractivity contribution in [2.75, 3.05) is 13.2 Å². The highest BCUT2D eigenvalue weighted by Gasteiger charge is 2.37. The maximum atomic E-state index is 14.5. The number of hydrogen-bond donors (Lipinski definition) is 0. The summed E-state index contributed by atoms with van der Waals surface area (Å²) in [5.74, 6) is -1.75. The topological polar surface area (TPSA) is 35.5 Å². The van der Waals surface area contributed by atoms with Crippen LogP contribution in [0.1, 0.15) is 51.7 Å². The van der Waals surface area contributed by atoms with Gasteiger partial charge in [0.1, 0.15) is 0 Å². The molecule has 0 aliphatic heterocycles. The lowest BCUT2D eigenvalue weighted by Crippen LogP contribution is -2.11. The van der Waals surface area contributed by atoms with Gasteiger partial charge in [-0.3, -0.25) is 4.57 Å². The van der Waals surface area contributed by atoms with Crippen molar-refractivity contribution in [3.63, 3.8) is 0 Å². The molecule has 0 heterocycles. The van der Waals surface area contributed by atoms with Gasteiger partial charge in [-0.25, -0.2) is 4.39 Å². The van der Waals surface area contributed by atoms with Gasteiger partial charge < -0.3 is 9.05 Å². The molecular weight excluding hydrogens is 278 g/mol. The van der Waals surface area contributed by atoms with E-state index in [-0.39, 0.29) is 18.6 Å². The lowest BCUT2D eigenvalue weighted by atomic mass is 9.87. The van der Waals surface area contributed by atoms with Crippen LogP contribution in [0.25, 0.3) is 0 Å². The van der Waals surface area contributed by atoms with Crippen molar-refractivity contribution in [3.8, 4) is 0 Å². The fourth-order valence-electron chi connectivity index (χ4n) is 1.85. The van der Waals surface area contributed by atoms with Crippen LogP contribution in [0.5, 0.6) is 0 Å². The zero-order valence-corrected chi connectivity index (χ0v) is 13.7. The van der Waals surface area contributed by atoms with Gasteiger partial charge >= 0.3 is 7.60 Å². The molecule has 0 saturated heterocycles. The summed E-state index contributed by atoms with van der Waals surface area (Å²) in [6.45, 7) is 9.89. The van der Waals surface area contributed by atoms with Gasteiger partial charge in [0.2, 0.25) is 5.91 Å². The van der Waals surface area contributed by atoms with E-state index in [2.05, 4.69) is 20.8 Å². The Kier molecular flexibility index (Phi) is 5.93. The number of benzene rings is 1. The molecule has 0 spiro atoms. The molecule has 1 rings (SSSR count). The first-order valence-electron chi connectivity index (χ1n) is 6.88. The van der Waals surface area contributed by atoms with Crippen molar-refractivity contribution in [2.24, 2.45) is 0 Å². The highest BCUT2D eigenvalue weighted by Crippen LogP contribution is 2.61. The Morgan fingerprint density at radius 1 is 1.10 bits per heavy atom. The van der Waals surface area contributed by atoms with Crippen LogP contribution in [0, 0.1) is 0 Å². The molecule has 20 heavy (non-hydrogen) atoms. The molecule has 0 aliphatic rings. The Bertz CT molecular complexity index is 455. The second-order valence-corrected chi connectivity index (χ2v) is 7.63. The Morgan fingerprint density at radius 3 is 1.90 bits per heavy atom. The average Bonchev–Trinajstić information content (AvgIpc) is 2.37. The highest BCUT2D eigenvalue weighted by atomic mass is 31.2. The van der Waals surface area contributed by atoms with Gasteiger partial charge in [-0.2, -0.15) is 0 Å². The molecule has 0 saturated carbocycles. The fraction of sp³-hybridized carbons (Fsp3) is 0.600. The third kappa shape index (κ3) is 4.15. The minimum absolute atomic E-state index is 0.00608. The quantitative estimate of drug-likeness (QED) is 0.676. The number of halogens is 1. The van der Waals surface area contributed by atoms with Crippen molar-refractivity contribution >= 4 is 7.60 Å². The van der Waals surface area contributed by atoms with Gasteiger partial charge in [0.05, 0.1) is 13.2 Å². The normalized spacial score (nSPS) is 14.3. The first kappa shape index (κ1) is 17.4. The maximum absolute atomic E-state index is 14.5. The zero-order valence-electron chi connectivity index (χ0n) is 12.9. The van der Waals surface area contributed by atoms with Gasteiger partial charge in [-0.05, 0) is 30.4 Å². The van der Waals surface area contributed by atoms with E-state index in [0.29, 0.717) is 5.56 Å². The van der Waals surface area contributed by atoms with Crippen molar-refractivity contribution in [3.05, 3.63) is 35.4 Å². The third-order valence-electron chi connectivity index (χ3n) is 2.95. The maximum Gasteiger partial charge on any atom is 0.369 e. The Balaban J connectivity index is 3.01. The molecule has 0 fully saturated rings. The van der Waals surface area contributed by atoms with Gasteiger partial charge in [0.25, 0.3) is 0 Å². The van der Waals surface area contributed by atoms with E-state index in [4.69, 9.17) is 9.05 Å². The molecule has 1 aromatic carbocycles. The van der Waals surface area contributed by atoms with Crippen molar-refractivity contribution in [1.29, 1.82) is 0 Å². The predicted octanol–water partition coefficient (Wildman–Crippen LogP) is 5.22. The first-order valence-corrected chi connectivity index (χ1v) is 8.49. The lowest BCUT2D eigenvalue weighted by Gasteiger charge is -2.22. The average molecular weight is 302 g/mol. The van der Waals surface area contributed by atoms with Gasteiger partial charge in [0, 0.05) is 0 Å². The van der Waals surface area contributed by atoms with E-state index < -0.39 is 13.5 Å². The number of hydrogen-bond acceptors (Lipinski definition) is 3. The number of rotatable bonds is 6. The highest BCUT2D eigenvalue weighted by molar-refractivity contribution is 7.54. The van der Waals surface area contributed by atoms with Crippen molar-refractivity contribution in [1.82, 2.24) is 0 Å². The summed E-state index contributed by atoms with van der Waals surface area (Å²) in [4.78, 5) is 0. The van der Waals surface area contributed by atoms with Gasteiger partial charge in [0.15, 0.2) is 0 Å². The van der Waals surface area contributed by atoms with E-state index in [1.807, 2.05) is 12.1 Å². The smallest absolute Gasteiger partial charge is 0.307 e. The molecule has 1 atom stereocenters. The van der Waals surface area contributed by atoms with Crippen molar-refractivity contribution < 1.29 is 18.0 Å². The molecule has 114 valence electrons. The Morgan fingerprint density at radius 2 is 1.55 bits per heavy atom. The molecule has 0 N–H and O–H groups in total. The van der Waals surface area contributed by atoms with E-state index in [1.165, 1.54) is 0 Å². The second kappa shape index (κ2) is 6.84. The van der Waals surface area contributed by atoms with Crippen molar-refractivity contribution in [2.45, 2.75) is 45.9 Å². The fourth-order valence-corrected chi connectivity index (χ4v) is 3.45. The van der Waals surface area contributed by atoms with Crippen LogP contribution in [0.4, 0.5) is 4.39 Å². The summed E-state index contributed by atoms with van der Waals surface area (Å²) >= 11 is 0. The molecular formula is C15H24FO3P. The molecule has 0 radical (unpaired) electrons. The van der Waals surface area contributed by atoms with Gasteiger partial charge in [-0.1, -0.05) is 45.0 Å². The van der Waals surface area contributed by atoms with Crippen LogP contribution in [0.2, 0.25) is 0 Å². The van der Waals surface area contributed by atoms with Crippen LogP contribution >= 0.6 is 7.60 Å². The second-order valence-electron chi connectivity index (χ2n) is 5.58. The van der Waals surface area contributed by atoms with Crippen LogP contribution in [0.3, 0.4) is 0 Å². The Hall–Kier alpha value is -0.700. The largest absolute Gasteiger partial charge is 0.369 e. The molecule has 5 heteroatoms. The summed E-state index contributed by atoms with van der Waals surface area (Å²) in [5.41, 5.74) is 1.41. The minimum Gasteiger partial charge on any atom is -0.307 e.